The molecule has 0 aliphatic rings. The molecule has 1 N–H and O–H groups in total. The zero-order valence-corrected chi connectivity index (χ0v) is 24.8. The van der Waals surface area contributed by atoms with Crippen LogP contribution in [0.15, 0.2) is 60.7 Å². The van der Waals surface area contributed by atoms with Crippen LogP contribution in [0.25, 0.3) is 10.9 Å². The number of hydrogen-bond donors (Lipinski definition) is 1. The molecule has 8 heteroatoms. The minimum atomic E-state index is -1.43. The fourth-order valence-corrected chi connectivity index (χ4v) is 5.28. The average molecular weight is 564 g/mol. The van der Waals surface area contributed by atoms with Gasteiger partial charge in [-0.25, -0.2) is 4.98 Å². The van der Waals surface area contributed by atoms with Crippen molar-refractivity contribution in [2.45, 2.75) is 38.7 Å². The Hall–Kier alpha value is -3.39. The molecule has 2 aromatic heterocycles. The Bertz CT molecular complexity index is 1440. The lowest BCUT2D eigenvalue weighted by atomic mass is 9.71. The summed E-state index contributed by atoms with van der Waals surface area (Å²) in [5.41, 5.74) is 2.71. The molecule has 2 heterocycles. The maximum Gasteiger partial charge on any atom is 0.217 e. The number of hydrogen-bond acceptors (Lipinski definition) is 7. The molecular formula is C32H38ClN3O4. The van der Waals surface area contributed by atoms with Crippen molar-refractivity contribution >= 4 is 22.5 Å². The van der Waals surface area contributed by atoms with Crippen molar-refractivity contribution in [3.8, 4) is 17.6 Å². The first-order valence-corrected chi connectivity index (χ1v) is 13.9. The first kappa shape index (κ1) is 29.6. The third-order valence-corrected chi connectivity index (χ3v) is 7.16. The van der Waals surface area contributed by atoms with E-state index in [2.05, 4.69) is 16.0 Å². The predicted molar refractivity (Wildman–Crippen MR) is 160 cm³/mol. The molecule has 4 rings (SSSR count). The molecule has 0 saturated heterocycles. The topological polar surface area (TPSA) is 76.9 Å². The van der Waals surface area contributed by atoms with Crippen LogP contribution in [0.5, 0.6) is 17.6 Å². The van der Waals surface area contributed by atoms with Gasteiger partial charge in [0.1, 0.15) is 5.60 Å². The van der Waals surface area contributed by atoms with Gasteiger partial charge in [0.15, 0.2) is 0 Å². The molecule has 0 amide bonds. The van der Waals surface area contributed by atoms with Crippen LogP contribution in [0, 0.1) is 6.92 Å². The van der Waals surface area contributed by atoms with E-state index >= 15 is 0 Å². The second-order valence-electron chi connectivity index (χ2n) is 10.1. The van der Waals surface area contributed by atoms with E-state index < -0.39 is 11.5 Å². The first-order valence-electron chi connectivity index (χ1n) is 13.5. The van der Waals surface area contributed by atoms with E-state index in [4.69, 9.17) is 30.8 Å². The summed E-state index contributed by atoms with van der Waals surface area (Å²) in [4.78, 5) is 11.4. The van der Waals surface area contributed by atoms with E-state index in [1.165, 1.54) is 0 Å². The first-order chi connectivity index (χ1) is 19.2. The number of fused-ring (bicyclic) bond motifs is 1. The van der Waals surface area contributed by atoms with Crippen molar-refractivity contribution in [1.29, 1.82) is 0 Å². The van der Waals surface area contributed by atoms with Gasteiger partial charge in [-0.05, 0) is 76.7 Å². The highest BCUT2D eigenvalue weighted by atomic mass is 35.5. The molecule has 2 unspecified atom stereocenters. The normalized spacial score (nSPS) is 13.7. The lowest BCUT2D eigenvalue weighted by Gasteiger charge is -2.39. The summed E-state index contributed by atoms with van der Waals surface area (Å²) in [6, 6.07) is 19.4. The van der Waals surface area contributed by atoms with Crippen LogP contribution in [0.1, 0.15) is 48.4 Å². The van der Waals surface area contributed by atoms with E-state index in [1.54, 1.807) is 7.11 Å². The fourth-order valence-electron chi connectivity index (χ4n) is 5.10. The van der Waals surface area contributed by atoms with Crippen LogP contribution in [0.3, 0.4) is 0 Å². The molecule has 7 nitrogen and oxygen atoms in total. The summed E-state index contributed by atoms with van der Waals surface area (Å²) in [7, 11) is 5.59. The fraction of sp³-hybridized carbons (Fsp3) is 0.375. The maximum absolute atomic E-state index is 13.0. The van der Waals surface area contributed by atoms with Crippen LogP contribution < -0.4 is 14.2 Å². The Kier molecular flexibility index (Phi) is 9.51. The number of rotatable bonds is 12. The second-order valence-corrected chi connectivity index (χ2v) is 10.6. The third kappa shape index (κ3) is 6.49. The molecule has 0 aliphatic heterocycles. The van der Waals surface area contributed by atoms with Gasteiger partial charge in [0, 0.05) is 40.6 Å². The summed E-state index contributed by atoms with van der Waals surface area (Å²) in [6.45, 7) is 7.33. The highest BCUT2D eigenvalue weighted by Crippen LogP contribution is 2.48. The van der Waals surface area contributed by atoms with Crippen LogP contribution in [-0.4, -0.2) is 60.9 Å². The Balaban J connectivity index is 2.06. The molecule has 0 bridgehead atoms. The van der Waals surface area contributed by atoms with Crippen molar-refractivity contribution in [2.24, 2.45) is 0 Å². The highest BCUT2D eigenvalue weighted by Gasteiger charge is 2.43. The van der Waals surface area contributed by atoms with Crippen LogP contribution in [0.2, 0.25) is 5.02 Å². The van der Waals surface area contributed by atoms with E-state index in [1.807, 2.05) is 89.5 Å². The Labute approximate surface area is 241 Å². The van der Waals surface area contributed by atoms with Gasteiger partial charge in [0.25, 0.3) is 0 Å². The minimum Gasteiger partial charge on any atom is -0.481 e. The van der Waals surface area contributed by atoms with Crippen LogP contribution >= 0.6 is 11.6 Å². The van der Waals surface area contributed by atoms with Gasteiger partial charge in [-0.1, -0.05) is 41.4 Å². The minimum absolute atomic E-state index is 0.394. The zero-order chi connectivity index (χ0) is 28.9. The van der Waals surface area contributed by atoms with Crippen molar-refractivity contribution in [1.82, 2.24) is 14.9 Å². The summed E-state index contributed by atoms with van der Waals surface area (Å²) in [5.74, 6) is 0.661. The SMILES string of the molecule is CCOc1cc(C(O)(CCN(C)C)C(c2cccc(C)c2)c2cc3cc(Cl)ccc3nc2OC)cc(OCC)n1. The van der Waals surface area contributed by atoms with Crippen molar-refractivity contribution < 1.29 is 19.3 Å². The maximum atomic E-state index is 13.0. The lowest BCUT2D eigenvalue weighted by Crippen LogP contribution is -2.38. The molecule has 212 valence electrons. The molecular weight excluding hydrogens is 526 g/mol. The number of aliphatic hydroxyl groups is 1. The largest absolute Gasteiger partial charge is 0.481 e. The van der Waals surface area contributed by atoms with Crippen molar-refractivity contribution in [3.05, 3.63) is 87.9 Å². The highest BCUT2D eigenvalue weighted by molar-refractivity contribution is 6.31. The molecule has 0 radical (unpaired) electrons. The van der Waals surface area contributed by atoms with Gasteiger partial charge in [-0.2, -0.15) is 4.98 Å². The van der Waals surface area contributed by atoms with Crippen LogP contribution in [0.4, 0.5) is 0 Å². The molecule has 40 heavy (non-hydrogen) atoms. The quantitative estimate of drug-likeness (QED) is 0.215. The summed E-state index contributed by atoms with van der Waals surface area (Å²) in [5, 5.41) is 14.5. The molecule has 2 atom stereocenters. The number of nitrogens with zero attached hydrogens (tertiary/aromatic N) is 3. The van der Waals surface area contributed by atoms with Gasteiger partial charge in [-0.3, -0.25) is 0 Å². The Morgan fingerprint density at radius 3 is 2.25 bits per heavy atom. The van der Waals surface area contributed by atoms with Gasteiger partial charge < -0.3 is 24.2 Å². The summed E-state index contributed by atoms with van der Waals surface area (Å²) < 4.78 is 17.5. The molecule has 0 fully saturated rings. The number of ether oxygens (including phenoxy) is 3. The monoisotopic (exact) mass is 563 g/mol. The van der Waals surface area contributed by atoms with E-state index in [0.717, 1.165) is 27.6 Å². The van der Waals surface area contributed by atoms with Gasteiger partial charge in [-0.15, -0.1) is 0 Å². The van der Waals surface area contributed by atoms with Crippen LogP contribution in [-0.2, 0) is 5.60 Å². The molecule has 0 aliphatic carbocycles. The van der Waals surface area contributed by atoms with Crippen molar-refractivity contribution in [2.75, 3.05) is 41.0 Å². The predicted octanol–water partition coefficient (Wildman–Crippen LogP) is 6.37. The van der Waals surface area contributed by atoms with E-state index in [0.29, 0.717) is 54.4 Å². The van der Waals surface area contributed by atoms with Gasteiger partial charge >= 0.3 is 0 Å². The smallest absolute Gasteiger partial charge is 0.217 e. The average Bonchev–Trinajstić information content (AvgIpc) is 2.92. The number of aryl methyl sites for hydroxylation is 1. The van der Waals surface area contributed by atoms with Gasteiger partial charge in [0.2, 0.25) is 17.6 Å². The molecule has 2 aromatic carbocycles. The standard InChI is InChI=1S/C32H38ClN3O4/c1-7-39-28-19-24(20-29(35-28)40-8-2)32(37,14-15-36(4)5)30(22-11-9-10-21(3)16-22)26-18-23-17-25(33)12-13-27(23)34-31(26)38-6/h9-13,16-20,30,37H,7-8,14-15H2,1-6H3. The number of methoxy groups -OCH3 is 1. The lowest BCUT2D eigenvalue weighted by molar-refractivity contribution is 0.00321. The molecule has 0 saturated carbocycles. The number of pyridine rings is 2. The Morgan fingerprint density at radius 2 is 1.65 bits per heavy atom. The summed E-state index contributed by atoms with van der Waals surface area (Å²) >= 11 is 6.38. The zero-order valence-electron chi connectivity index (χ0n) is 24.1. The Morgan fingerprint density at radius 1 is 0.950 bits per heavy atom. The third-order valence-electron chi connectivity index (χ3n) is 6.93. The van der Waals surface area contributed by atoms with E-state index in [9.17, 15) is 5.11 Å². The number of halogens is 1. The number of aromatic nitrogens is 2. The summed E-state index contributed by atoms with van der Waals surface area (Å²) in [6.07, 6.45) is 0.399. The number of benzene rings is 2. The second kappa shape index (κ2) is 12.9. The molecule has 4 aromatic rings. The van der Waals surface area contributed by atoms with E-state index in [-0.39, 0.29) is 0 Å². The van der Waals surface area contributed by atoms with Crippen molar-refractivity contribution in [3.63, 3.8) is 0 Å². The molecule has 0 spiro atoms. The van der Waals surface area contributed by atoms with Gasteiger partial charge in [0.05, 0.1) is 25.8 Å².